The lowest BCUT2D eigenvalue weighted by molar-refractivity contribution is 0.389. The third-order valence-corrected chi connectivity index (χ3v) is 3.74. The fourth-order valence-electron chi connectivity index (χ4n) is 2.77. The van der Waals surface area contributed by atoms with Crippen molar-refractivity contribution in [2.45, 2.75) is 38.6 Å². The molecule has 0 aliphatic heterocycles. The van der Waals surface area contributed by atoms with Gasteiger partial charge >= 0.3 is 0 Å². The highest BCUT2D eigenvalue weighted by Gasteiger charge is 2.25. The van der Waals surface area contributed by atoms with Crippen LogP contribution in [0, 0.1) is 18.7 Å². The molecule has 1 saturated carbocycles. The molecular formula is C14H20FN. The number of rotatable bonds is 3. The molecule has 1 nitrogen and oxygen atoms in total. The molecule has 0 bridgehead atoms. The zero-order valence-corrected chi connectivity index (χ0v) is 10.1. The molecule has 1 fully saturated rings. The second kappa shape index (κ2) is 4.96. The Morgan fingerprint density at radius 1 is 1.31 bits per heavy atom. The third-order valence-electron chi connectivity index (χ3n) is 3.74. The first kappa shape index (κ1) is 11.6. The molecule has 1 N–H and O–H groups in total. The normalized spacial score (nSPS) is 18.9. The zero-order chi connectivity index (χ0) is 11.5. The van der Waals surface area contributed by atoms with Crippen molar-refractivity contribution in [3.05, 3.63) is 35.1 Å². The minimum atomic E-state index is -0.0873. The summed E-state index contributed by atoms with van der Waals surface area (Å²) >= 11 is 0. The Labute approximate surface area is 97.1 Å². The van der Waals surface area contributed by atoms with Gasteiger partial charge in [0.1, 0.15) is 5.82 Å². The van der Waals surface area contributed by atoms with Gasteiger partial charge in [0, 0.05) is 6.04 Å². The summed E-state index contributed by atoms with van der Waals surface area (Å²) in [5, 5.41) is 3.34. The third kappa shape index (κ3) is 2.27. The summed E-state index contributed by atoms with van der Waals surface area (Å²) < 4.78 is 13.5. The smallest absolute Gasteiger partial charge is 0.126 e. The van der Waals surface area contributed by atoms with E-state index in [0.29, 0.717) is 12.0 Å². The molecule has 0 saturated heterocycles. The molecule has 1 aliphatic rings. The minimum Gasteiger partial charge on any atom is -0.313 e. The minimum absolute atomic E-state index is 0.0873. The first-order valence-electron chi connectivity index (χ1n) is 6.15. The molecule has 0 amide bonds. The van der Waals surface area contributed by atoms with Gasteiger partial charge in [0.2, 0.25) is 0 Å². The Balaban J connectivity index is 2.22. The number of benzene rings is 1. The van der Waals surface area contributed by atoms with E-state index in [1.54, 1.807) is 6.07 Å². The van der Waals surface area contributed by atoms with Crippen LogP contribution >= 0.6 is 0 Å². The summed E-state index contributed by atoms with van der Waals surface area (Å²) in [6.45, 7) is 1.81. The maximum absolute atomic E-state index is 13.5. The molecule has 0 spiro atoms. The number of hydrogen-bond acceptors (Lipinski definition) is 1. The van der Waals surface area contributed by atoms with Crippen LogP contribution in [0.1, 0.15) is 42.9 Å². The van der Waals surface area contributed by atoms with Gasteiger partial charge in [-0.2, -0.15) is 0 Å². The fourth-order valence-corrected chi connectivity index (χ4v) is 2.77. The van der Waals surface area contributed by atoms with Crippen LogP contribution in [-0.4, -0.2) is 7.05 Å². The van der Waals surface area contributed by atoms with Crippen molar-refractivity contribution in [2.75, 3.05) is 7.05 Å². The maximum Gasteiger partial charge on any atom is 0.126 e. The van der Waals surface area contributed by atoms with Crippen LogP contribution in [-0.2, 0) is 0 Å². The van der Waals surface area contributed by atoms with E-state index in [4.69, 9.17) is 0 Å². The Hall–Kier alpha value is -0.890. The van der Waals surface area contributed by atoms with Crippen molar-refractivity contribution >= 4 is 0 Å². The largest absolute Gasteiger partial charge is 0.313 e. The second-order valence-electron chi connectivity index (χ2n) is 4.82. The number of halogens is 1. The van der Waals surface area contributed by atoms with Crippen molar-refractivity contribution < 1.29 is 4.39 Å². The van der Waals surface area contributed by atoms with E-state index in [1.165, 1.54) is 25.7 Å². The van der Waals surface area contributed by atoms with Gasteiger partial charge in [-0.25, -0.2) is 4.39 Å². The van der Waals surface area contributed by atoms with Crippen molar-refractivity contribution in [2.24, 2.45) is 5.92 Å². The van der Waals surface area contributed by atoms with E-state index >= 15 is 0 Å². The molecule has 2 rings (SSSR count). The molecule has 16 heavy (non-hydrogen) atoms. The van der Waals surface area contributed by atoms with Crippen LogP contribution in [0.5, 0.6) is 0 Å². The second-order valence-corrected chi connectivity index (χ2v) is 4.82. The van der Waals surface area contributed by atoms with Crippen LogP contribution in [0.25, 0.3) is 0 Å². The summed E-state index contributed by atoms with van der Waals surface area (Å²) in [5.41, 5.74) is 1.82. The molecule has 0 radical (unpaired) electrons. The fraction of sp³-hybridized carbons (Fsp3) is 0.571. The van der Waals surface area contributed by atoms with E-state index in [9.17, 15) is 4.39 Å². The topological polar surface area (TPSA) is 12.0 Å². The summed E-state index contributed by atoms with van der Waals surface area (Å²) in [4.78, 5) is 0. The SMILES string of the molecule is CNC(c1ccc(C)c(F)c1)C1CCCC1. The van der Waals surface area contributed by atoms with Crippen LogP contribution in [0.4, 0.5) is 4.39 Å². The van der Waals surface area contributed by atoms with Crippen molar-refractivity contribution in [1.29, 1.82) is 0 Å². The van der Waals surface area contributed by atoms with Gasteiger partial charge in [-0.1, -0.05) is 25.0 Å². The van der Waals surface area contributed by atoms with Gasteiger partial charge in [-0.3, -0.25) is 0 Å². The molecule has 0 heterocycles. The van der Waals surface area contributed by atoms with Crippen molar-refractivity contribution in [1.82, 2.24) is 5.32 Å². The van der Waals surface area contributed by atoms with Gasteiger partial charge in [-0.15, -0.1) is 0 Å². The highest BCUT2D eigenvalue weighted by Crippen LogP contribution is 2.35. The summed E-state index contributed by atoms with van der Waals surface area (Å²) in [6.07, 6.45) is 5.16. The molecule has 2 heteroatoms. The van der Waals surface area contributed by atoms with Gasteiger partial charge in [0.15, 0.2) is 0 Å². The lowest BCUT2D eigenvalue weighted by atomic mass is 9.91. The Morgan fingerprint density at radius 2 is 2.00 bits per heavy atom. The average Bonchev–Trinajstić information content (AvgIpc) is 2.78. The van der Waals surface area contributed by atoms with E-state index in [2.05, 4.69) is 11.4 Å². The van der Waals surface area contributed by atoms with E-state index in [1.807, 2.05) is 20.0 Å². The van der Waals surface area contributed by atoms with Crippen LogP contribution in [0.15, 0.2) is 18.2 Å². The predicted molar refractivity (Wildman–Crippen MR) is 64.9 cm³/mol. The van der Waals surface area contributed by atoms with E-state index < -0.39 is 0 Å². The summed E-state index contributed by atoms with van der Waals surface area (Å²) in [6, 6.07) is 5.94. The highest BCUT2D eigenvalue weighted by atomic mass is 19.1. The Kier molecular flexibility index (Phi) is 3.59. The van der Waals surface area contributed by atoms with E-state index in [0.717, 1.165) is 11.1 Å². The number of nitrogens with one attached hydrogen (secondary N) is 1. The molecule has 88 valence electrons. The van der Waals surface area contributed by atoms with Crippen LogP contribution in [0.2, 0.25) is 0 Å². The molecule has 1 aromatic rings. The first-order chi connectivity index (χ1) is 7.72. The summed E-state index contributed by atoms with van der Waals surface area (Å²) in [5.74, 6) is 0.586. The quantitative estimate of drug-likeness (QED) is 0.822. The highest BCUT2D eigenvalue weighted by molar-refractivity contribution is 5.26. The summed E-state index contributed by atoms with van der Waals surface area (Å²) in [7, 11) is 1.97. The molecule has 1 aromatic carbocycles. The molecule has 0 aromatic heterocycles. The molecule has 1 unspecified atom stereocenters. The van der Waals surface area contributed by atoms with Gasteiger partial charge in [0.05, 0.1) is 0 Å². The predicted octanol–water partition coefficient (Wildman–Crippen LogP) is 3.58. The van der Waals surface area contributed by atoms with Gasteiger partial charge < -0.3 is 5.32 Å². The number of hydrogen-bond donors (Lipinski definition) is 1. The number of aryl methyl sites for hydroxylation is 1. The lowest BCUT2D eigenvalue weighted by Crippen LogP contribution is -2.23. The maximum atomic E-state index is 13.5. The van der Waals surface area contributed by atoms with Gasteiger partial charge in [-0.05, 0) is 49.9 Å². The van der Waals surface area contributed by atoms with Crippen molar-refractivity contribution in [3.8, 4) is 0 Å². The zero-order valence-electron chi connectivity index (χ0n) is 10.1. The van der Waals surface area contributed by atoms with Crippen LogP contribution in [0.3, 0.4) is 0 Å². The van der Waals surface area contributed by atoms with Crippen molar-refractivity contribution in [3.63, 3.8) is 0 Å². The Bertz CT molecular complexity index is 356. The first-order valence-corrected chi connectivity index (χ1v) is 6.15. The average molecular weight is 221 g/mol. The van der Waals surface area contributed by atoms with E-state index in [-0.39, 0.29) is 5.82 Å². The molecular weight excluding hydrogens is 201 g/mol. The Morgan fingerprint density at radius 3 is 2.56 bits per heavy atom. The monoisotopic (exact) mass is 221 g/mol. The molecule has 1 atom stereocenters. The standard InChI is InChI=1S/C14H20FN/c1-10-7-8-12(9-13(10)15)14(16-2)11-5-3-4-6-11/h7-9,11,14,16H,3-6H2,1-2H3. The lowest BCUT2D eigenvalue weighted by Gasteiger charge is -2.23. The van der Waals surface area contributed by atoms with Crippen LogP contribution < -0.4 is 5.32 Å². The van der Waals surface area contributed by atoms with Gasteiger partial charge in [0.25, 0.3) is 0 Å². The molecule has 1 aliphatic carbocycles.